The van der Waals surface area contributed by atoms with Gasteiger partial charge < -0.3 is 10.2 Å². The van der Waals surface area contributed by atoms with Gasteiger partial charge in [0.15, 0.2) is 0 Å². The zero-order chi connectivity index (χ0) is 15.2. The SMILES string of the molecule is CCCNCc1cc(C)ccc1N(C)c1cccc(C)c1. The fourth-order valence-corrected chi connectivity index (χ4v) is 2.56. The third-order valence-electron chi connectivity index (χ3n) is 3.73. The number of anilines is 2. The normalized spacial score (nSPS) is 10.7. The molecule has 2 aromatic carbocycles. The summed E-state index contributed by atoms with van der Waals surface area (Å²) in [6.07, 6.45) is 1.16. The lowest BCUT2D eigenvalue weighted by atomic mass is 10.1. The molecule has 0 bridgehead atoms. The Morgan fingerprint density at radius 2 is 1.76 bits per heavy atom. The second kappa shape index (κ2) is 7.28. The van der Waals surface area contributed by atoms with Crippen LogP contribution in [0.5, 0.6) is 0 Å². The molecule has 2 nitrogen and oxygen atoms in total. The Labute approximate surface area is 128 Å². The maximum Gasteiger partial charge on any atom is 0.0453 e. The van der Waals surface area contributed by atoms with Crippen LogP contribution in [0.3, 0.4) is 0 Å². The van der Waals surface area contributed by atoms with Crippen LogP contribution in [-0.2, 0) is 6.54 Å². The first-order valence-electron chi connectivity index (χ1n) is 7.72. The third-order valence-corrected chi connectivity index (χ3v) is 3.73. The van der Waals surface area contributed by atoms with Gasteiger partial charge in [-0.25, -0.2) is 0 Å². The molecule has 112 valence electrons. The van der Waals surface area contributed by atoms with Crippen molar-refractivity contribution in [2.45, 2.75) is 33.7 Å². The summed E-state index contributed by atoms with van der Waals surface area (Å²) < 4.78 is 0. The van der Waals surface area contributed by atoms with Gasteiger partial charge >= 0.3 is 0 Å². The number of nitrogens with one attached hydrogen (secondary N) is 1. The molecule has 0 radical (unpaired) electrons. The van der Waals surface area contributed by atoms with Crippen molar-refractivity contribution >= 4 is 11.4 Å². The van der Waals surface area contributed by atoms with E-state index >= 15 is 0 Å². The second-order valence-corrected chi connectivity index (χ2v) is 5.71. The van der Waals surface area contributed by atoms with E-state index in [1.165, 1.54) is 28.1 Å². The Hall–Kier alpha value is -1.80. The second-order valence-electron chi connectivity index (χ2n) is 5.71. The third kappa shape index (κ3) is 4.08. The molecule has 0 saturated carbocycles. The summed E-state index contributed by atoms with van der Waals surface area (Å²) in [4.78, 5) is 2.27. The number of hydrogen-bond acceptors (Lipinski definition) is 2. The van der Waals surface area contributed by atoms with Gasteiger partial charge in [-0.3, -0.25) is 0 Å². The molecule has 2 heteroatoms. The molecule has 2 aromatic rings. The molecule has 0 amide bonds. The van der Waals surface area contributed by atoms with E-state index < -0.39 is 0 Å². The number of nitrogens with zero attached hydrogens (tertiary/aromatic N) is 1. The smallest absolute Gasteiger partial charge is 0.0453 e. The van der Waals surface area contributed by atoms with Gasteiger partial charge in [0, 0.05) is 25.0 Å². The molecule has 0 aliphatic rings. The fourth-order valence-electron chi connectivity index (χ4n) is 2.56. The van der Waals surface area contributed by atoms with Crippen LogP contribution in [-0.4, -0.2) is 13.6 Å². The molecule has 0 spiro atoms. The lowest BCUT2D eigenvalue weighted by Gasteiger charge is -2.24. The molecule has 1 N–H and O–H groups in total. The van der Waals surface area contributed by atoms with Crippen LogP contribution in [0.2, 0.25) is 0 Å². The lowest BCUT2D eigenvalue weighted by Crippen LogP contribution is -2.18. The molecule has 0 unspecified atom stereocenters. The highest BCUT2D eigenvalue weighted by Crippen LogP contribution is 2.28. The van der Waals surface area contributed by atoms with Crippen molar-refractivity contribution in [3.8, 4) is 0 Å². The molecule has 21 heavy (non-hydrogen) atoms. The minimum atomic E-state index is 0.918. The summed E-state index contributed by atoms with van der Waals surface area (Å²) in [6, 6.07) is 15.3. The quantitative estimate of drug-likeness (QED) is 0.781. The van der Waals surface area contributed by atoms with Crippen molar-refractivity contribution in [1.82, 2.24) is 5.32 Å². The topological polar surface area (TPSA) is 15.3 Å². The summed E-state index contributed by atoms with van der Waals surface area (Å²) in [7, 11) is 2.14. The molecule has 0 aliphatic carbocycles. The summed E-state index contributed by atoms with van der Waals surface area (Å²) in [5, 5.41) is 3.51. The Morgan fingerprint density at radius 3 is 2.48 bits per heavy atom. The monoisotopic (exact) mass is 282 g/mol. The predicted molar refractivity (Wildman–Crippen MR) is 92.4 cm³/mol. The van der Waals surface area contributed by atoms with E-state index in [0.717, 1.165) is 19.5 Å². The van der Waals surface area contributed by atoms with E-state index in [1.54, 1.807) is 0 Å². The number of rotatable bonds is 6. The van der Waals surface area contributed by atoms with Crippen molar-refractivity contribution in [3.05, 3.63) is 59.2 Å². The van der Waals surface area contributed by atoms with Crippen LogP contribution < -0.4 is 10.2 Å². The molecule has 0 heterocycles. The highest BCUT2D eigenvalue weighted by molar-refractivity contribution is 5.66. The minimum absolute atomic E-state index is 0.918. The van der Waals surface area contributed by atoms with Crippen molar-refractivity contribution in [3.63, 3.8) is 0 Å². The highest BCUT2D eigenvalue weighted by atomic mass is 15.1. The first kappa shape index (κ1) is 15.6. The van der Waals surface area contributed by atoms with E-state index in [0.29, 0.717) is 0 Å². The minimum Gasteiger partial charge on any atom is -0.344 e. The van der Waals surface area contributed by atoms with Gasteiger partial charge in [-0.05, 0) is 56.1 Å². The maximum atomic E-state index is 3.51. The van der Waals surface area contributed by atoms with Crippen LogP contribution in [0.4, 0.5) is 11.4 Å². The van der Waals surface area contributed by atoms with Crippen LogP contribution in [0.1, 0.15) is 30.0 Å². The first-order chi connectivity index (χ1) is 10.1. The van der Waals surface area contributed by atoms with E-state index in [4.69, 9.17) is 0 Å². The van der Waals surface area contributed by atoms with Gasteiger partial charge in [-0.2, -0.15) is 0 Å². The molecule has 0 fully saturated rings. The lowest BCUT2D eigenvalue weighted by molar-refractivity contribution is 0.675. The molecule has 0 saturated heterocycles. The Kier molecular flexibility index (Phi) is 5.40. The standard InChI is InChI=1S/C19H26N2/c1-5-11-20-14-17-12-16(3)9-10-19(17)21(4)18-8-6-7-15(2)13-18/h6-10,12-13,20H,5,11,14H2,1-4H3. The number of hydrogen-bond donors (Lipinski definition) is 1. The molecule has 0 aromatic heterocycles. The fraction of sp³-hybridized carbons (Fsp3) is 0.368. The van der Waals surface area contributed by atoms with Gasteiger partial charge in [0.1, 0.15) is 0 Å². The van der Waals surface area contributed by atoms with Crippen molar-refractivity contribution in [2.24, 2.45) is 0 Å². The molecule has 2 rings (SSSR count). The van der Waals surface area contributed by atoms with Crippen LogP contribution in [0.25, 0.3) is 0 Å². The van der Waals surface area contributed by atoms with Crippen molar-refractivity contribution in [1.29, 1.82) is 0 Å². The average Bonchev–Trinajstić information content (AvgIpc) is 2.47. The van der Waals surface area contributed by atoms with Crippen molar-refractivity contribution in [2.75, 3.05) is 18.5 Å². The first-order valence-corrected chi connectivity index (χ1v) is 7.72. The van der Waals surface area contributed by atoms with Crippen LogP contribution in [0.15, 0.2) is 42.5 Å². The zero-order valence-corrected chi connectivity index (χ0v) is 13.6. The van der Waals surface area contributed by atoms with Crippen molar-refractivity contribution < 1.29 is 0 Å². The van der Waals surface area contributed by atoms with Gasteiger partial charge in [0.25, 0.3) is 0 Å². The van der Waals surface area contributed by atoms with E-state index in [2.05, 4.69) is 80.5 Å². The van der Waals surface area contributed by atoms with E-state index in [1.807, 2.05) is 0 Å². The van der Waals surface area contributed by atoms with E-state index in [9.17, 15) is 0 Å². The summed E-state index contributed by atoms with van der Waals surface area (Å²) in [5.41, 5.74) is 6.46. The molecular weight excluding hydrogens is 256 g/mol. The highest BCUT2D eigenvalue weighted by Gasteiger charge is 2.09. The van der Waals surface area contributed by atoms with Gasteiger partial charge in [-0.1, -0.05) is 36.8 Å². The van der Waals surface area contributed by atoms with Gasteiger partial charge in [-0.15, -0.1) is 0 Å². The van der Waals surface area contributed by atoms with Gasteiger partial charge in [0.2, 0.25) is 0 Å². The Bertz CT molecular complexity index is 590. The Morgan fingerprint density at radius 1 is 1.00 bits per heavy atom. The Balaban J connectivity index is 2.29. The summed E-state index contributed by atoms with van der Waals surface area (Å²) in [5.74, 6) is 0. The largest absolute Gasteiger partial charge is 0.344 e. The van der Waals surface area contributed by atoms with Gasteiger partial charge in [0.05, 0.1) is 0 Å². The van der Waals surface area contributed by atoms with E-state index in [-0.39, 0.29) is 0 Å². The summed E-state index contributed by atoms with van der Waals surface area (Å²) >= 11 is 0. The number of aryl methyl sites for hydroxylation is 2. The van der Waals surface area contributed by atoms with Crippen LogP contribution in [0, 0.1) is 13.8 Å². The predicted octanol–water partition coefficient (Wildman–Crippen LogP) is 4.57. The molecule has 0 atom stereocenters. The van der Waals surface area contributed by atoms with Crippen LogP contribution >= 0.6 is 0 Å². The molecular formula is C19H26N2. The average molecular weight is 282 g/mol. The maximum absolute atomic E-state index is 3.51. The zero-order valence-electron chi connectivity index (χ0n) is 13.6. The molecule has 0 aliphatic heterocycles. The number of benzene rings is 2. The summed E-state index contributed by atoms with van der Waals surface area (Å²) in [6.45, 7) is 8.46.